The molecule has 0 heterocycles. The molecule has 2 nitrogen and oxygen atoms in total. The Bertz CT molecular complexity index is 136. The van der Waals surface area contributed by atoms with Gasteiger partial charge in [0, 0.05) is 11.8 Å². The van der Waals surface area contributed by atoms with Crippen LogP contribution in [0.25, 0.3) is 0 Å². The van der Waals surface area contributed by atoms with Gasteiger partial charge in [-0.05, 0) is 25.7 Å². The Kier molecular flexibility index (Phi) is 4.95. The Morgan fingerprint density at radius 1 is 0.917 bits per heavy atom. The third-order valence-electron chi connectivity index (χ3n) is 1.63. The Labute approximate surface area is 76.4 Å². The van der Waals surface area contributed by atoms with Crippen molar-refractivity contribution in [2.24, 2.45) is 16.9 Å². The molecule has 0 aromatic rings. The molecular weight excluding hydrogens is 148 g/mol. The summed E-state index contributed by atoms with van der Waals surface area (Å²) >= 11 is 0. The van der Waals surface area contributed by atoms with Crippen molar-refractivity contribution < 1.29 is 0 Å². The van der Waals surface area contributed by atoms with Crippen molar-refractivity contribution in [3.63, 3.8) is 0 Å². The van der Waals surface area contributed by atoms with Gasteiger partial charge in [0.15, 0.2) is 0 Å². The van der Waals surface area contributed by atoms with Crippen LogP contribution in [0.15, 0.2) is 5.10 Å². The summed E-state index contributed by atoms with van der Waals surface area (Å²) in [6.07, 6.45) is 0. The topological polar surface area (TPSA) is 24.4 Å². The highest BCUT2D eigenvalue weighted by molar-refractivity contribution is 5.87. The fourth-order valence-corrected chi connectivity index (χ4v) is 1.13. The largest absolute Gasteiger partial charge is 0.308 e. The fourth-order valence-electron chi connectivity index (χ4n) is 1.13. The minimum absolute atomic E-state index is 0.428. The smallest absolute Gasteiger partial charge is 0.0429 e. The van der Waals surface area contributed by atoms with E-state index in [1.165, 1.54) is 5.71 Å². The summed E-state index contributed by atoms with van der Waals surface area (Å²) in [5, 5.41) is 4.39. The van der Waals surface area contributed by atoms with Gasteiger partial charge in [0.05, 0.1) is 0 Å². The van der Waals surface area contributed by atoms with Crippen molar-refractivity contribution in [1.82, 2.24) is 5.43 Å². The summed E-state index contributed by atoms with van der Waals surface area (Å²) in [5.41, 5.74) is 4.35. The van der Waals surface area contributed by atoms with Crippen LogP contribution in [-0.4, -0.2) is 11.8 Å². The molecule has 0 bridgehead atoms. The highest BCUT2D eigenvalue weighted by atomic mass is 15.3. The van der Waals surface area contributed by atoms with Crippen molar-refractivity contribution in [1.29, 1.82) is 0 Å². The van der Waals surface area contributed by atoms with Gasteiger partial charge in [-0.3, -0.25) is 0 Å². The Morgan fingerprint density at radius 2 is 1.33 bits per heavy atom. The molecular formula is C10H22N2. The van der Waals surface area contributed by atoms with Crippen LogP contribution in [0.3, 0.4) is 0 Å². The van der Waals surface area contributed by atoms with Gasteiger partial charge >= 0.3 is 0 Å². The first-order valence-electron chi connectivity index (χ1n) is 4.78. The van der Waals surface area contributed by atoms with E-state index in [2.05, 4.69) is 52.1 Å². The molecule has 0 saturated heterocycles. The van der Waals surface area contributed by atoms with Crippen molar-refractivity contribution in [3.05, 3.63) is 0 Å². The molecule has 0 rings (SSSR count). The van der Waals surface area contributed by atoms with Gasteiger partial charge in [-0.25, -0.2) is 0 Å². The van der Waals surface area contributed by atoms with Gasteiger partial charge in [-0.1, -0.05) is 27.7 Å². The second kappa shape index (κ2) is 5.18. The Hall–Kier alpha value is -0.530. The zero-order valence-corrected chi connectivity index (χ0v) is 9.18. The lowest BCUT2D eigenvalue weighted by atomic mass is 9.98. The van der Waals surface area contributed by atoms with Crippen LogP contribution in [0.5, 0.6) is 0 Å². The number of hydrogen-bond acceptors (Lipinski definition) is 2. The molecule has 2 heteroatoms. The fraction of sp³-hybridized carbons (Fsp3) is 0.900. The highest BCUT2D eigenvalue weighted by Crippen LogP contribution is 2.07. The molecule has 0 atom stereocenters. The second-order valence-corrected chi connectivity index (χ2v) is 4.13. The monoisotopic (exact) mass is 170 g/mol. The maximum Gasteiger partial charge on any atom is 0.0429 e. The highest BCUT2D eigenvalue weighted by Gasteiger charge is 2.09. The summed E-state index contributed by atoms with van der Waals surface area (Å²) in [4.78, 5) is 0. The Balaban J connectivity index is 4.19. The molecule has 0 spiro atoms. The third-order valence-corrected chi connectivity index (χ3v) is 1.63. The standard InChI is InChI=1S/C10H22N2/c1-7(2)10(8(3)4)12-11-9(5)6/h7-9,11H,1-6H3. The van der Waals surface area contributed by atoms with E-state index in [1.54, 1.807) is 0 Å². The maximum atomic E-state index is 4.39. The first kappa shape index (κ1) is 11.5. The number of hydrazone groups is 1. The van der Waals surface area contributed by atoms with E-state index in [-0.39, 0.29) is 0 Å². The van der Waals surface area contributed by atoms with E-state index in [0.29, 0.717) is 17.9 Å². The Morgan fingerprint density at radius 3 is 1.58 bits per heavy atom. The van der Waals surface area contributed by atoms with Crippen LogP contribution in [0.4, 0.5) is 0 Å². The molecule has 0 aliphatic rings. The molecule has 0 aromatic carbocycles. The van der Waals surface area contributed by atoms with Crippen molar-refractivity contribution in [3.8, 4) is 0 Å². The summed E-state index contributed by atoms with van der Waals surface area (Å²) in [5.74, 6) is 1.08. The van der Waals surface area contributed by atoms with Gasteiger partial charge in [0.25, 0.3) is 0 Å². The van der Waals surface area contributed by atoms with E-state index in [4.69, 9.17) is 0 Å². The molecule has 0 aliphatic heterocycles. The zero-order chi connectivity index (χ0) is 9.72. The van der Waals surface area contributed by atoms with E-state index in [1.807, 2.05) is 0 Å². The molecule has 1 N–H and O–H groups in total. The van der Waals surface area contributed by atoms with Crippen LogP contribution in [0.1, 0.15) is 41.5 Å². The van der Waals surface area contributed by atoms with Gasteiger partial charge in [0.2, 0.25) is 0 Å². The SMILES string of the molecule is CC(C)NN=C(C(C)C)C(C)C. The predicted molar refractivity (Wildman–Crippen MR) is 55.4 cm³/mol. The number of rotatable bonds is 4. The van der Waals surface area contributed by atoms with Crippen LogP contribution < -0.4 is 5.43 Å². The summed E-state index contributed by atoms with van der Waals surface area (Å²) in [6.45, 7) is 12.9. The normalized spacial score (nSPS) is 11.1. The van der Waals surface area contributed by atoms with Gasteiger partial charge in [-0.15, -0.1) is 0 Å². The van der Waals surface area contributed by atoms with Crippen molar-refractivity contribution >= 4 is 5.71 Å². The number of nitrogens with zero attached hydrogens (tertiary/aromatic N) is 1. The van der Waals surface area contributed by atoms with Gasteiger partial charge in [-0.2, -0.15) is 5.10 Å². The van der Waals surface area contributed by atoms with E-state index in [9.17, 15) is 0 Å². The van der Waals surface area contributed by atoms with E-state index >= 15 is 0 Å². The summed E-state index contributed by atoms with van der Waals surface area (Å²) in [7, 11) is 0. The zero-order valence-electron chi connectivity index (χ0n) is 9.18. The molecule has 0 amide bonds. The van der Waals surface area contributed by atoms with Crippen LogP contribution in [0, 0.1) is 11.8 Å². The van der Waals surface area contributed by atoms with Crippen LogP contribution >= 0.6 is 0 Å². The average molecular weight is 170 g/mol. The first-order chi connectivity index (χ1) is 5.45. The van der Waals surface area contributed by atoms with Crippen LogP contribution in [-0.2, 0) is 0 Å². The first-order valence-corrected chi connectivity index (χ1v) is 4.78. The second-order valence-electron chi connectivity index (χ2n) is 4.13. The lowest BCUT2D eigenvalue weighted by Gasteiger charge is -2.15. The van der Waals surface area contributed by atoms with Gasteiger partial charge < -0.3 is 5.43 Å². The summed E-state index contributed by atoms with van der Waals surface area (Å²) < 4.78 is 0. The lowest BCUT2D eigenvalue weighted by molar-refractivity contribution is 0.603. The molecule has 0 radical (unpaired) electrons. The molecule has 12 heavy (non-hydrogen) atoms. The molecule has 0 saturated carbocycles. The maximum absolute atomic E-state index is 4.39. The third kappa shape index (κ3) is 4.37. The quantitative estimate of drug-likeness (QED) is 0.509. The van der Waals surface area contributed by atoms with Crippen molar-refractivity contribution in [2.45, 2.75) is 47.6 Å². The average Bonchev–Trinajstić information content (AvgIpc) is 1.84. The van der Waals surface area contributed by atoms with Crippen LogP contribution in [0.2, 0.25) is 0 Å². The molecule has 0 fully saturated rings. The minimum Gasteiger partial charge on any atom is -0.308 e. The molecule has 0 unspecified atom stereocenters. The minimum atomic E-state index is 0.428. The number of hydrogen-bond donors (Lipinski definition) is 1. The van der Waals surface area contributed by atoms with E-state index < -0.39 is 0 Å². The lowest BCUT2D eigenvalue weighted by Crippen LogP contribution is -2.23. The molecule has 72 valence electrons. The molecule has 0 aliphatic carbocycles. The van der Waals surface area contributed by atoms with Gasteiger partial charge in [0.1, 0.15) is 0 Å². The van der Waals surface area contributed by atoms with Crippen molar-refractivity contribution in [2.75, 3.05) is 0 Å². The van der Waals surface area contributed by atoms with E-state index in [0.717, 1.165) is 0 Å². The predicted octanol–water partition coefficient (Wildman–Crippen LogP) is 2.65. The molecule has 0 aromatic heterocycles. The summed E-state index contributed by atoms with van der Waals surface area (Å²) in [6, 6.07) is 0.428. The number of nitrogens with one attached hydrogen (secondary N) is 1.